The van der Waals surface area contributed by atoms with E-state index in [1.165, 1.54) is 13.2 Å². The van der Waals surface area contributed by atoms with Crippen LogP contribution in [0.2, 0.25) is 0 Å². The van der Waals surface area contributed by atoms with Gasteiger partial charge in [-0.1, -0.05) is 0 Å². The van der Waals surface area contributed by atoms with E-state index in [1.807, 2.05) is 0 Å². The highest BCUT2D eigenvalue weighted by molar-refractivity contribution is 9.10. The number of hydrogen-bond acceptors (Lipinski definition) is 6. The number of rotatable bonds is 4. The van der Waals surface area contributed by atoms with Crippen LogP contribution in [0.1, 0.15) is 10.4 Å². The summed E-state index contributed by atoms with van der Waals surface area (Å²) in [5.41, 5.74) is 0.246. The van der Waals surface area contributed by atoms with Gasteiger partial charge in [-0.3, -0.25) is 10.1 Å². The van der Waals surface area contributed by atoms with Crippen LogP contribution in [0.4, 0.5) is 5.69 Å². The normalized spacial score (nSPS) is 10.0. The average molecular weight is 353 g/mol. The zero-order chi connectivity index (χ0) is 15.4. The standard InChI is InChI=1S/C13H9BrN2O5/c1-20-13(17)8-2-4-10(5-3-8)21-12-11(14)6-9(7-15-12)16(18)19/h2-7H,1H3. The van der Waals surface area contributed by atoms with Gasteiger partial charge in [-0.15, -0.1) is 0 Å². The lowest BCUT2D eigenvalue weighted by molar-refractivity contribution is -0.385. The summed E-state index contributed by atoms with van der Waals surface area (Å²) in [5, 5.41) is 10.6. The van der Waals surface area contributed by atoms with Crippen LogP contribution in [0.15, 0.2) is 41.0 Å². The van der Waals surface area contributed by atoms with Gasteiger partial charge in [-0.25, -0.2) is 9.78 Å². The van der Waals surface area contributed by atoms with Gasteiger partial charge in [0.1, 0.15) is 11.9 Å². The molecule has 8 heteroatoms. The topological polar surface area (TPSA) is 91.6 Å². The van der Waals surface area contributed by atoms with Gasteiger partial charge in [0.15, 0.2) is 0 Å². The van der Waals surface area contributed by atoms with E-state index in [2.05, 4.69) is 25.7 Å². The van der Waals surface area contributed by atoms with Crippen LogP contribution in [0, 0.1) is 10.1 Å². The van der Waals surface area contributed by atoms with Crippen LogP contribution in [-0.4, -0.2) is 23.0 Å². The number of pyridine rings is 1. The molecule has 21 heavy (non-hydrogen) atoms. The number of carbonyl (C=O) groups is 1. The number of nitro groups is 1. The first kappa shape index (κ1) is 14.9. The lowest BCUT2D eigenvalue weighted by atomic mass is 10.2. The Kier molecular flexibility index (Phi) is 4.49. The van der Waals surface area contributed by atoms with E-state index in [-0.39, 0.29) is 11.6 Å². The third kappa shape index (κ3) is 3.54. The van der Waals surface area contributed by atoms with E-state index in [9.17, 15) is 14.9 Å². The molecular formula is C13H9BrN2O5. The second-order valence-electron chi connectivity index (χ2n) is 3.86. The van der Waals surface area contributed by atoms with E-state index < -0.39 is 10.9 Å². The van der Waals surface area contributed by atoms with Gasteiger partial charge in [-0.2, -0.15) is 0 Å². The summed E-state index contributed by atoms with van der Waals surface area (Å²) in [6.45, 7) is 0. The zero-order valence-corrected chi connectivity index (χ0v) is 12.4. The molecule has 7 nitrogen and oxygen atoms in total. The molecule has 2 aromatic rings. The first-order valence-electron chi connectivity index (χ1n) is 5.67. The summed E-state index contributed by atoms with van der Waals surface area (Å²) in [6, 6.07) is 7.52. The lowest BCUT2D eigenvalue weighted by Crippen LogP contribution is -2.00. The molecule has 0 spiro atoms. The van der Waals surface area contributed by atoms with Crippen LogP contribution in [0.25, 0.3) is 0 Å². The van der Waals surface area contributed by atoms with Crippen molar-refractivity contribution in [3.8, 4) is 11.6 Å². The first-order chi connectivity index (χ1) is 10.0. The monoisotopic (exact) mass is 352 g/mol. The van der Waals surface area contributed by atoms with Crippen molar-refractivity contribution >= 4 is 27.6 Å². The maximum absolute atomic E-state index is 11.3. The summed E-state index contributed by atoms with van der Waals surface area (Å²) >= 11 is 3.16. The number of nitrogens with zero attached hydrogens (tertiary/aromatic N) is 2. The summed E-state index contributed by atoms with van der Waals surface area (Å²) < 4.78 is 10.4. The molecule has 0 bridgehead atoms. The quantitative estimate of drug-likeness (QED) is 0.476. The molecule has 0 saturated heterocycles. The number of hydrogen-bond donors (Lipinski definition) is 0. The molecule has 0 N–H and O–H groups in total. The molecule has 0 radical (unpaired) electrons. The molecule has 1 aromatic carbocycles. The fourth-order valence-electron chi connectivity index (χ4n) is 1.48. The van der Waals surface area contributed by atoms with Crippen molar-refractivity contribution in [2.24, 2.45) is 0 Å². The Labute approximate surface area is 127 Å². The minimum Gasteiger partial charge on any atom is -0.465 e. The van der Waals surface area contributed by atoms with Crippen LogP contribution in [0.5, 0.6) is 11.6 Å². The van der Waals surface area contributed by atoms with E-state index >= 15 is 0 Å². The fraction of sp³-hybridized carbons (Fsp3) is 0.0769. The third-order valence-corrected chi connectivity index (χ3v) is 3.06. The smallest absolute Gasteiger partial charge is 0.337 e. The average Bonchev–Trinajstić information content (AvgIpc) is 2.49. The van der Waals surface area contributed by atoms with Crippen LogP contribution in [-0.2, 0) is 4.74 Å². The Morgan fingerprint density at radius 2 is 2.00 bits per heavy atom. The summed E-state index contributed by atoms with van der Waals surface area (Å²) in [7, 11) is 1.30. The molecule has 2 rings (SSSR count). The Hall–Kier alpha value is -2.48. The van der Waals surface area contributed by atoms with Crippen molar-refractivity contribution in [2.75, 3.05) is 7.11 Å². The predicted octanol–water partition coefficient (Wildman–Crippen LogP) is 3.33. The number of benzene rings is 1. The number of esters is 1. The molecule has 0 aliphatic rings. The SMILES string of the molecule is COC(=O)c1ccc(Oc2ncc([N+](=O)[O-])cc2Br)cc1. The van der Waals surface area contributed by atoms with Gasteiger partial charge in [0.2, 0.25) is 5.88 Å². The lowest BCUT2D eigenvalue weighted by Gasteiger charge is -2.06. The second-order valence-corrected chi connectivity index (χ2v) is 4.71. The highest BCUT2D eigenvalue weighted by Gasteiger charge is 2.12. The van der Waals surface area contributed by atoms with Gasteiger partial charge in [0.25, 0.3) is 5.69 Å². The van der Waals surface area contributed by atoms with Gasteiger partial charge in [-0.05, 0) is 40.2 Å². The van der Waals surface area contributed by atoms with Gasteiger partial charge < -0.3 is 9.47 Å². The molecular weight excluding hydrogens is 344 g/mol. The van der Waals surface area contributed by atoms with Gasteiger partial charge >= 0.3 is 5.97 Å². The summed E-state index contributed by atoms with van der Waals surface area (Å²) in [6.07, 6.45) is 1.10. The number of carbonyl (C=O) groups excluding carboxylic acids is 1. The van der Waals surface area contributed by atoms with Gasteiger partial charge in [0, 0.05) is 6.07 Å². The van der Waals surface area contributed by atoms with Crippen molar-refractivity contribution in [1.29, 1.82) is 0 Å². The Morgan fingerprint density at radius 3 is 2.52 bits per heavy atom. The first-order valence-corrected chi connectivity index (χ1v) is 6.46. The number of aromatic nitrogens is 1. The maximum atomic E-state index is 11.3. The van der Waals surface area contributed by atoms with Crippen molar-refractivity contribution in [3.63, 3.8) is 0 Å². The largest absolute Gasteiger partial charge is 0.465 e. The van der Waals surface area contributed by atoms with E-state index in [1.54, 1.807) is 24.3 Å². The van der Waals surface area contributed by atoms with Crippen molar-refractivity contribution in [2.45, 2.75) is 0 Å². The molecule has 0 unspecified atom stereocenters. The number of methoxy groups -OCH3 is 1. The van der Waals surface area contributed by atoms with Crippen LogP contribution < -0.4 is 4.74 Å². The molecule has 0 aliphatic heterocycles. The van der Waals surface area contributed by atoms with Crippen molar-refractivity contribution < 1.29 is 19.2 Å². The minimum absolute atomic E-state index is 0.143. The molecule has 0 fully saturated rings. The zero-order valence-electron chi connectivity index (χ0n) is 10.8. The van der Waals surface area contributed by atoms with Crippen LogP contribution >= 0.6 is 15.9 Å². The molecule has 1 aromatic heterocycles. The van der Waals surface area contributed by atoms with E-state index in [0.29, 0.717) is 15.8 Å². The number of ether oxygens (including phenoxy) is 2. The van der Waals surface area contributed by atoms with Gasteiger partial charge in [0.05, 0.1) is 22.1 Å². The summed E-state index contributed by atoms with van der Waals surface area (Å²) in [5.74, 6) is 0.173. The highest BCUT2D eigenvalue weighted by atomic mass is 79.9. The van der Waals surface area contributed by atoms with Crippen molar-refractivity contribution in [3.05, 3.63) is 56.7 Å². The number of halogens is 1. The van der Waals surface area contributed by atoms with E-state index in [0.717, 1.165) is 6.20 Å². The summed E-state index contributed by atoms with van der Waals surface area (Å²) in [4.78, 5) is 25.2. The molecule has 108 valence electrons. The molecule has 0 atom stereocenters. The Balaban J connectivity index is 2.18. The Bertz CT molecular complexity index is 687. The van der Waals surface area contributed by atoms with E-state index in [4.69, 9.17) is 4.74 Å². The molecule has 0 amide bonds. The minimum atomic E-state index is -0.549. The molecule has 0 aliphatic carbocycles. The van der Waals surface area contributed by atoms with Crippen molar-refractivity contribution in [1.82, 2.24) is 4.98 Å². The third-order valence-electron chi connectivity index (χ3n) is 2.49. The predicted molar refractivity (Wildman–Crippen MR) is 76.4 cm³/mol. The second kappa shape index (κ2) is 6.31. The van der Waals surface area contributed by atoms with Crippen LogP contribution in [0.3, 0.4) is 0 Å². The Morgan fingerprint density at radius 1 is 1.33 bits per heavy atom. The maximum Gasteiger partial charge on any atom is 0.337 e. The molecule has 0 saturated carbocycles. The molecule has 1 heterocycles. The highest BCUT2D eigenvalue weighted by Crippen LogP contribution is 2.30. The fourth-order valence-corrected chi connectivity index (χ4v) is 1.90.